The molecule has 0 radical (unpaired) electrons. The number of aromatic nitrogens is 3. The Kier molecular flexibility index (Phi) is 6.55. The van der Waals surface area contributed by atoms with Crippen molar-refractivity contribution in [2.24, 2.45) is 11.8 Å². The lowest BCUT2D eigenvalue weighted by atomic mass is 9.99. The first-order valence-electron chi connectivity index (χ1n) is 11.5. The maximum atomic E-state index is 13.0. The average Bonchev–Trinajstić information content (AvgIpc) is 3.50. The van der Waals surface area contributed by atoms with Crippen LogP contribution in [0.15, 0.2) is 17.1 Å². The molecule has 2 amide bonds. The van der Waals surface area contributed by atoms with Crippen molar-refractivity contribution in [3.05, 3.63) is 33.8 Å². The Morgan fingerprint density at radius 1 is 1.30 bits per heavy atom. The number of amides is 2. The smallest absolute Gasteiger partial charge is 0.291 e. The fourth-order valence-corrected chi connectivity index (χ4v) is 4.23. The third-order valence-corrected chi connectivity index (χ3v) is 6.09. The van der Waals surface area contributed by atoms with Gasteiger partial charge in [0.25, 0.3) is 11.5 Å². The number of hydrogen-bond acceptors (Lipinski definition) is 6. The molecule has 2 aromatic heterocycles. The molecule has 2 aromatic rings. The maximum absolute atomic E-state index is 13.0. The van der Waals surface area contributed by atoms with E-state index in [1.807, 2.05) is 13.8 Å². The van der Waals surface area contributed by atoms with E-state index in [9.17, 15) is 24.6 Å². The molecule has 1 saturated heterocycles. The molecule has 0 aromatic carbocycles. The van der Waals surface area contributed by atoms with Gasteiger partial charge in [0, 0.05) is 43.9 Å². The number of aliphatic hydroxyl groups excluding tert-OH is 1. The monoisotopic (exact) mass is 457 g/mol. The van der Waals surface area contributed by atoms with E-state index < -0.39 is 17.3 Å². The van der Waals surface area contributed by atoms with Crippen molar-refractivity contribution in [2.45, 2.75) is 52.1 Å². The predicted molar refractivity (Wildman–Crippen MR) is 122 cm³/mol. The molecule has 0 bridgehead atoms. The van der Waals surface area contributed by atoms with Gasteiger partial charge in [0.2, 0.25) is 11.8 Å². The lowest BCUT2D eigenvalue weighted by molar-refractivity contribution is -0.127. The number of carbonyl (C=O) groups excluding carboxylic acids is 2. The van der Waals surface area contributed by atoms with E-state index in [1.54, 1.807) is 11.0 Å². The minimum atomic E-state index is -0.701. The molecule has 2 fully saturated rings. The van der Waals surface area contributed by atoms with Gasteiger partial charge in [0.1, 0.15) is 5.65 Å². The lowest BCUT2D eigenvalue weighted by Crippen LogP contribution is -2.40. The molecule has 10 heteroatoms. The van der Waals surface area contributed by atoms with Crippen LogP contribution in [-0.4, -0.2) is 66.8 Å². The van der Waals surface area contributed by atoms with Gasteiger partial charge in [-0.3, -0.25) is 19.0 Å². The Labute approximate surface area is 191 Å². The van der Waals surface area contributed by atoms with Gasteiger partial charge in [0.05, 0.1) is 6.20 Å². The highest BCUT2D eigenvalue weighted by molar-refractivity contribution is 5.97. The first-order valence-corrected chi connectivity index (χ1v) is 11.5. The van der Waals surface area contributed by atoms with Crippen molar-refractivity contribution < 1.29 is 19.8 Å². The van der Waals surface area contributed by atoms with Gasteiger partial charge in [-0.2, -0.15) is 9.61 Å². The zero-order valence-electron chi connectivity index (χ0n) is 19.0. The van der Waals surface area contributed by atoms with E-state index in [2.05, 4.69) is 10.4 Å². The summed E-state index contributed by atoms with van der Waals surface area (Å²) in [6, 6.07) is 0.0351. The third-order valence-electron chi connectivity index (χ3n) is 6.09. The highest BCUT2D eigenvalue weighted by Gasteiger charge is 2.30. The molecule has 1 aliphatic carbocycles. The molecule has 2 aliphatic rings. The molecule has 1 aliphatic heterocycles. The highest BCUT2D eigenvalue weighted by Crippen LogP contribution is 2.25. The van der Waals surface area contributed by atoms with E-state index in [0.29, 0.717) is 30.8 Å². The topological polar surface area (TPSA) is 129 Å². The predicted octanol–water partition coefficient (Wildman–Crippen LogP) is 0.994. The van der Waals surface area contributed by atoms with E-state index >= 15 is 0 Å². The number of piperidine rings is 1. The summed E-state index contributed by atoms with van der Waals surface area (Å²) in [5, 5.41) is 27.3. The van der Waals surface area contributed by atoms with Crippen molar-refractivity contribution in [2.75, 3.05) is 19.7 Å². The maximum Gasteiger partial charge on any atom is 0.291 e. The van der Waals surface area contributed by atoms with Crippen LogP contribution in [0.25, 0.3) is 11.7 Å². The Morgan fingerprint density at radius 2 is 2.06 bits per heavy atom. The average molecular weight is 458 g/mol. The van der Waals surface area contributed by atoms with E-state index in [-0.39, 0.29) is 36.0 Å². The van der Waals surface area contributed by atoms with E-state index in [1.165, 1.54) is 16.8 Å². The van der Waals surface area contributed by atoms with Crippen molar-refractivity contribution >= 4 is 23.5 Å². The van der Waals surface area contributed by atoms with Crippen LogP contribution in [0.4, 0.5) is 0 Å². The number of aliphatic hydroxyl groups is 1. The van der Waals surface area contributed by atoms with Crippen molar-refractivity contribution in [1.29, 1.82) is 0 Å². The highest BCUT2D eigenvalue weighted by atomic mass is 16.3. The minimum absolute atomic E-state index is 0.0351. The summed E-state index contributed by atoms with van der Waals surface area (Å²) in [4.78, 5) is 40.1. The molecule has 0 spiro atoms. The number of likely N-dealkylation sites (tertiary alicyclic amines) is 1. The molecule has 178 valence electrons. The number of carbonyl (C=O) groups is 2. The summed E-state index contributed by atoms with van der Waals surface area (Å²) >= 11 is 0. The van der Waals surface area contributed by atoms with Crippen LogP contribution in [-0.2, 0) is 11.3 Å². The van der Waals surface area contributed by atoms with Crippen LogP contribution in [0.1, 0.15) is 55.5 Å². The van der Waals surface area contributed by atoms with Gasteiger partial charge in [-0.15, -0.1) is 0 Å². The van der Waals surface area contributed by atoms with Gasteiger partial charge < -0.3 is 20.4 Å². The summed E-state index contributed by atoms with van der Waals surface area (Å²) in [6.07, 6.45) is 7.90. The van der Waals surface area contributed by atoms with Crippen molar-refractivity contribution in [3.63, 3.8) is 0 Å². The van der Waals surface area contributed by atoms with Crippen molar-refractivity contribution in [1.82, 2.24) is 24.4 Å². The largest absolute Gasteiger partial charge is 0.494 e. The Balaban J connectivity index is 1.71. The molecule has 0 unspecified atom stereocenters. The zero-order chi connectivity index (χ0) is 23.7. The molecule has 3 heterocycles. The van der Waals surface area contributed by atoms with E-state index in [4.69, 9.17) is 0 Å². The van der Waals surface area contributed by atoms with Gasteiger partial charge in [0.15, 0.2) is 5.56 Å². The fraction of sp³-hybridized carbons (Fsp3) is 0.565. The molecular weight excluding hydrogens is 426 g/mol. The third kappa shape index (κ3) is 4.80. The van der Waals surface area contributed by atoms with Crippen LogP contribution in [0.5, 0.6) is 5.88 Å². The Hall–Kier alpha value is -3.14. The number of fused-ring (bicyclic) bond motifs is 1. The quantitative estimate of drug-likeness (QED) is 0.532. The van der Waals surface area contributed by atoms with Crippen LogP contribution >= 0.6 is 0 Å². The van der Waals surface area contributed by atoms with Gasteiger partial charge in [-0.25, -0.2) is 0 Å². The SMILES string of the molecule is CC(C)Cn1c(O)c(C(=O)NC2CC2)c(=O)n2ncc(/C=C/C(=O)N3CCC[C@@H](CO)C3)c12. The molecule has 4 rings (SSSR count). The minimum Gasteiger partial charge on any atom is -0.494 e. The van der Waals surface area contributed by atoms with Crippen molar-refractivity contribution in [3.8, 4) is 5.88 Å². The molecule has 33 heavy (non-hydrogen) atoms. The second-order valence-corrected chi connectivity index (χ2v) is 9.40. The summed E-state index contributed by atoms with van der Waals surface area (Å²) in [7, 11) is 0. The molecule has 1 saturated carbocycles. The van der Waals surface area contributed by atoms with Gasteiger partial charge in [-0.05, 0) is 43.6 Å². The second-order valence-electron chi connectivity index (χ2n) is 9.40. The summed E-state index contributed by atoms with van der Waals surface area (Å²) in [5.41, 5.74) is -0.215. The van der Waals surface area contributed by atoms with Gasteiger partial charge >= 0.3 is 0 Å². The standard InChI is InChI=1S/C23H31N5O5/c1-14(2)11-27-21-16(5-8-18(30)26-9-3-4-15(12-26)13-29)10-24-28(21)23(33)19(22(27)32)20(31)25-17-6-7-17/h5,8,10,14-15,17,29,32H,3-4,6-7,9,11-13H2,1-2H3,(H,25,31)/b8-5+/t15-/m1/s1. The number of nitrogens with zero attached hydrogens (tertiary/aromatic N) is 4. The number of hydrogen-bond donors (Lipinski definition) is 3. The van der Waals surface area contributed by atoms with Crippen LogP contribution in [0.3, 0.4) is 0 Å². The molecule has 10 nitrogen and oxygen atoms in total. The van der Waals surface area contributed by atoms with Crippen LogP contribution < -0.4 is 10.9 Å². The number of rotatable bonds is 7. The number of aromatic hydroxyl groups is 1. The second kappa shape index (κ2) is 9.38. The fourth-order valence-electron chi connectivity index (χ4n) is 4.23. The molecule has 1 atom stereocenters. The summed E-state index contributed by atoms with van der Waals surface area (Å²) in [6.45, 7) is 5.46. The van der Waals surface area contributed by atoms with Crippen LogP contribution in [0, 0.1) is 11.8 Å². The lowest BCUT2D eigenvalue weighted by Gasteiger charge is -2.31. The zero-order valence-corrected chi connectivity index (χ0v) is 19.0. The van der Waals surface area contributed by atoms with Crippen LogP contribution in [0.2, 0.25) is 0 Å². The summed E-state index contributed by atoms with van der Waals surface area (Å²) in [5.74, 6) is -0.997. The normalized spacial score (nSPS) is 19.0. The Morgan fingerprint density at radius 3 is 2.73 bits per heavy atom. The molecule has 3 N–H and O–H groups in total. The number of nitrogens with one attached hydrogen (secondary N) is 1. The van der Waals surface area contributed by atoms with E-state index in [0.717, 1.165) is 30.2 Å². The van der Waals surface area contributed by atoms with Gasteiger partial charge in [-0.1, -0.05) is 13.8 Å². The first-order chi connectivity index (χ1) is 15.8. The first kappa shape index (κ1) is 23.0. The Bertz CT molecular complexity index is 1140. The summed E-state index contributed by atoms with van der Waals surface area (Å²) < 4.78 is 2.62. The molecular formula is C23H31N5O5.